The van der Waals surface area contributed by atoms with E-state index < -0.39 is 11.9 Å². The fraction of sp³-hybridized carbons (Fsp3) is 0.583. The molecule has 20 heavy (non-hydrogen) atoms. The second-order valence-electron chi connectivity index (χ2n) is 4.89. The van der Waals surface area contributed by atoms with E-state index in [4.69, 9.17) is 11.5 Å². The van der Waals surface area contributed by atoms with E-state index in [2.05, 4.69) is 9.69 Å². The van der Waals surface area contributed by atoms with Gasteiger partial charge in [0.15, 0.2) is 5.82 Å². The molecule has 8 heteroatoms. The quantitative estimate of drug-likeness (QED) is 0.754. The van der Waals surface area contributed by atoms with Gasteiger partial charge in [-0.15, -0.1) is 0 Å². The second-order valence-corrected chi connectivity index (χ2v) is 5.66. The number of nitrogens with two attached hydrogens (primary N) is 2. The minimum atomic E-state index is -0.642. The van der Waals surface area contributed by atoms with Gasteiger partial charge in [-0.25, -0.2) is 0 Å². The van der Waals surface area contributed by atoms with Gasteiger partial charge >= 0.3 is 0 Å². The van der Waals surface area contributed by atoms with Crippen LogP contribution < -0.4 is 16.8 Å². The highest BCUT2D eigenvalue weighted by Gasteiger charge is 2.25. The third-order valence-corrected chi connectivity index (χ3v) is 4.14. The third-order valence-electron chi connectivity index (χ3n) is 3.35. The summed E-state index contributed by atoms with van der Waals surface area (Å²) in [7, 11) is 0. The molecule has 0 aliphatic carbocycles. The summed E-state index contributed by atoms with van der Waals surface area (Å²) in [5.74, 6) is -0.522. The first-order valence-electron chi connectivity index (χ1n) is 6.61. The van der Waals surface area contributed by atoms with Crippen molar-refractivity contribution in [3.05, 3.63) is 5.56 Å². The molecule has 0 aromatic carbocycles. The van der Waals surface area contributed by atoms with Crippen molar-refractivity contribution in [3.8, 4) is 0 Å². The van der Waals surface area contributed by atoms with E-state index in [0.717, 1.165) is 37.5 Å². The van der Waals surface area contributed by atoms with Crippen molar-refractivity contribution in [1.82, 2.24) is 9.27 Å². The predicted molar refractivity (Wildman–Crippen MR) is 78.6 cm³/mol. The van der Waals surface area contributed by atoms with Crippen LogP contribution in [0.1, 0.15) is 36.5 Å². The smallest absolute Gasteiger partial charge is 0.255 e. The van der Waals surface area contributed by atoms with E-state index in [1.807, 2.05) is 4.90 Å². The first-order valence-corrected chi connectivity index (χ1v) is 7.38. The number of nitrogen functional groups attached to an aromatic ring is 1. The number of primary amides is 1. The molecule has 110 valence electrons. The standard InChI is InChI=1S/C12H19N5O2S/c1-7(12(19)17-5-3-2-4-6-17)15-11-8(10(14)18)9(13)16-20-11/h7,15H,2-6H2,1H3,(H2,13,16)(H2,14,18). The minimum absolute atomic E-state index is 0.0205. The molecular weight excluding hydrogens is 278 g/mol. The molecule has 1 saturated heterocycles. The molecule has 2 rings (SSSR count). The van der Waals surface area contributed by atoms with Crippen molar-refractivity contribution in [1.29, 1.82) is 0 Å². The van der Waals surface area contributed by atoms with E-state index >= 15 is 0 Å². The number of anilines is 2. The van der Waals surface area contributed by atoms with Crippen molar-refractivity contribution < 1.29 is 9.59 Å². The van der Waals surface area contributed by atoms with Gasteiger partial charge in [0, 0.05) is 13.1 Å². The summed E-state index contributed by atoms with van der Waals surface area (Å²) >= 11 is 1.04. The van der Waals surface area contributed by atoms with Gasteiger partial charge in [-0.1, -0.05) is 0 Å². The van der Waals surface area contributed by atoms with Crippen LogP contribution in [-0.4, -0.2) is 40.2 Å². The maximum Gasteiger partial charge on any atom is 0.255 e. The fourth-order valence-electron chi connectivity index (χ4n) is 2.29. The van der Waals surface area contributed by atoms with Gasteiger partial charge in [0.25, 0.3) is 5.91 Å². The number of rotatable bonds is 4. The van der Waals surface area contributed by atoms with E-state index in [1.165, 1.54) is 6.42 Å². The Bertz CT molecular complexity index is 510. The van der Waals surface area contributed by atoms with Crippen LogP contribution in [-0.2, 0) is 4.79 Å². The average Bonchev–Trinajstić information content (AvgIpc) is 2.79. The SMILES string of the molecule is CC(Nc1snc(N)c1C(N)=O)C(=O)N1CCCCC1. The molecule has 0 saturated carbocycles. The van der Waals surface area contributed by atoms with Gasteiger partial charge in [0.05, 0.1) is 0 Å². The van der Waals surface area contributed by atoms with E-state index in [9.17, 15) is 9.59 Å². The van der Waals surface area contributed by atoms with E-state index in [1.54, 1.807) is 6.92 Å². The summed E-state index contributed by atoms with van der Waals surface area (Å²) in [6.07, 6.45) is 3.25. The van der Waals surface area contributed by atoms with Gasteiger partial charge in [0.1, 0.15) is 16.6 Å². The highest BCUT2D eigenvalue weighted by molar-refractivity contribution is 7.11. The molecule has 0 radical (unpaired) electrons. The van der Waals surface area contributed by atoms with Gasteiger partial charge in [-0.2, -0.15) is 4.37 Å². The van der Waals surface area contributed by atoms with Crippen LogP contribution in [0.4, 0.5) is 10.8 Å². The minimum Gasteiger partial charge on any atom is -0.382 e. The number of piperidine rings is 1. The molecule has 0 spiro atoms. The zero-order valence-electron chi connectivity index (χ0n) is 11.4. The van der Waals surface area contributed by atoms with Crippen LogP contribution >= 0.6 is 11.5 Å². The molecule has 1 atom stereocenters. The van der Waals surface area contributed by atoms with Crippen LogP contribution in [0, 0.1) is 0 Å². The summed E-state index contributed by atoms with van der Waals surface area (Å²) in [6.45, 7) is 3.34. The lowest BCUT2D eigenvalue weighted by atomic mass is 10.1. The molecule has 7 nitrogen and oxygen atoms in total. The maximum absolute atomic E-state index is 12.3. The number of carbonyl (C=O) groups excluding carboxylic acids is 2. The largest absolute Gasteiger partial charge is 0.382 e. The monoisotopic (exact) mass is 297 g/mol. The normalized spacial score (nSPS) is 16.8. The highest BCUT2D eigenvalue weighted by atomic mass is 32.1. The number of hydrogen-bond acceptors (Lipinski definition) is 6. The fourth-order valence-corrected chi connectivity index (χ4v) is 3.09. The van der Waals surface area contributed by atoms with Crippen molar-refractivity contribution >= 4 is 34.2 Å². The average molecular weight is 297 g/mol. The Kier molecular flexibility index (Phi) is 4.43. The lowest BCUT2D eigenvalue weighted by Crippen LogP contribution is -2.44. The zero-order valence-corrected chi connectivity index (χ0v) is 12.2. The van der Waals surface area contributed by atoms with Crippen molar-refractivity contribution in [2.45, 2.75) is 32.2 Å². The molecule has 1 fully saturated rings. The number of aromatic nitrogens is 1. The summed E-state index contributed by atoms with van der Waals surface area (Å²) < 4.78 is 3.89. The first-order chi connectivity index (χ1) is 9.50. The molecule has 0 bridgehead atoms. The zero-order chi connectivity index (χ0) is 14.7. The highest BCUT2D eigenvalue weighted by Crippen LogP contribution is 2.27. The van der Waals surface area contributed by atoms with Crippen LogP contribution in [0.25, 0.3) is 0 Å². The predicted octanol–water partition coefficient (Wildman–Crippen LogP) is 0.637. The molecule has 1 aliphatic rings. The molecular formula is C12H19N5O2S. The van der Waals surface area contributed by atoms with E-state index in [0.29, 0.717) is 5.00 Å². The van der Waals surface area contributed by atoms with Gasteiger partial charge in [0.2, 0.25) is 5.91 Å². The molecule has 1 aromatic rings. The Morgan fingerprint density at radius 3 is 2.60 bits per heavy atom. The van der Waals surface area contributed by atoms with Crippen molar-refractivity contribution in [3.63, 3.8) is 0 Å². The molecule has 1 unspecified atom stereocenters. The maximum atomic E-state index is 12.3. The number of nitrogens with zero attached hydrogens (tertiary/aromatic N) is 2. The van der Waals surface area contributed by atoms with Crippen LogP contribution in [0.15, 0.2) is 0 Å². The van der Waals surface area contributed by atoms with Gasteiger partial charge in [-0.05, 0) is 37.7 Å². The summed E-state index contributed by atoms with van der Waals surface area (Å²) in [5, 5.41) is 3.45. The number of likely N-dealkylation sites (tertiary alicyclic amines) is 1. The Labute approximate surface area is 121 Å². The molecule has 2 heterocycles. The summed E-state index contributed by atoms with van der Waals surface area (Å²) in [5.41, 5.74) is 11.0. The van der Waals surface area contributed by atoms with Crippen molar-refractivity contribution in [2.75, 3.05) is 24.1 Å². The van der Waals surface area contributed by atoms with Crippen LogP contribution in [0.5, 0.6) is 0 Å². The Morgan fingerprint density at radius 2 is 2.00 bits per heavy atom. The lowest BCUT2D eigenvalue weighted by molar-refractivity contribution is -0.132. The third kappa shape index (κ3) is 3.01. The topological polar surface area (TPSA) is 114 Å². The number of amides is 2. The first kappa shape index (κ1) is 14.6. The Hall–Kier alpha value is -1.83. The lowest BCUT2D eigenvalue weighted by Gasteiger charge is -2.29. The molecule has 1 aliphatic heterocycles. The number of hydrogen-bond donors (Lipinski definition) is 3. The second kappa shape index (κ2) is 6.08. The Balaban J connectivity index is 2.05. The number of nitrogens with one attached hydrogen (secondary N) is 1. The van der Waals surface area contributed by atoms with Crippen LogP contribution in [0.2, 0.25) is 0 Å². The molecule has 1 aromatic heterocycles. The van der Waals surface area contributed by atoms with Gasteiger partial charge < -0.3 is 21.7 Å². The summed E-state index contributed by atoms with van der Waals surface area (Å²) in [4.78, 5) is 25.5. The Morgan fingerprint density at radius 1 is 1.35 bits per heavy atom. The summed E-state index contributed by atoms with van der Waals surface area (Å²) in [6, 6.07) is -0.439. The van der Waals surface area contributed by atoms with Gasteiger partial charge in [-0.3, -0.25) is 9.59 Å². The molecule has 5 N–H and O–H groups in total. The van der Waals surface area contributed by atoms with Crippen molar-refractivity contribution in [2.24, 2.45) is 5.73 Å². The van der Waals surface area contributed by atoms with E-state index in [-0.39, 0.29) is 17.3 Å². The molecule has 2 amide bonds. The number of carbonyl (C=O) groups is 2. The van der Waals surface area contributed by atoms with Crippen LogP contribution in [0.3, 0.4) is 0 Å².